The van der Waals surface area contributed by atoms with Crippen molar-refractivity contribution in [3.05, 3.63) is 108 Å². The Hall–Kier alpha value is -4.39. The molecule has 6 aromatic rings. The van der Waals surface area contributed by atoms with Crippen LogP contribution in [0, 0.1) is 13.8 Å². The third-order valence-corrected chi connectivity index (χ3v) is 6.44. The molecule has 184 valence electrons. The summed E-state index contributed by atoms with van der Waals surface area (Å²) in [6.45, 7) is 3.70. The number of oxazole rings is 2. The van der Waals surface area contributed by atoms with E-state index in [1.165, 1.54) is 35.9 Å². The standard InChI is InChI=1S/C30H21F3N2O2/c1-17-3-5-19(6-4-17)20-7-9-21(10-8-20)29-35-25-16-23(12-14-27(25)37-29)28(30(31,32)33)22-11-13-26-24(15-22)34-18(2)36-26/h3-16,28H,1-2H3. The molecule has 0 bridgehead atoms. The first kappa shape index (κ1) is 23.0. The van der Waals surface area contributed by atoms with Crippen molar-refractivity contribution in [2.75, 3.05) is 0 Å². The van der Waals surface area contributed by atoms with Crippen LogP contribution in [0.5, 0.6) is 0 Å². The van der Waals surface area contributed by atoms with E-state index in [4.69, 9.17) is 8.83 Å². The van der Waals surface area contributed by atoms with Crippen LogP contribution in [-0.2, 0) is 0 Å². The van der Waals surface area contributed by atoms with Gasteiger partial charge in [0.05, 0.1) is 0 Å². The van der Waals surface area contributed by atoms with Gasteiger partial charge in [0.15, 0.2) is 17.1 Å². The molecule has 1 atom stereocenters. The molecule has 37 heavy (non-hydrogen) atoms. The number of rotatable bonds is 4. The van der Waals surface area contributed by atoms with Gasteiger partial charge in [0.25, 0.3) is 0 Å². The molecule has 0 aliphatic heterocycles. The summed E-state index contributed by atoms with van der Waals surface area (Å²) in [5.74, 6) is -1.09. The van der Waals surface area contributed by atoms with Gasteiger partial charge >= 0.3 is 6.18 Å². The Bertz CT molecular complexity index is 1730. The molecule has 0 fully saturated rings. The molecule has 4 aromatic carbocycles. The number of aryl methyl sites for hydroxylation is 2. The van der Waals surface area contributed by atoms with E-state index in [9.17, 15) is 13.2 Å². The highest BCUT2D eigenvalue weighted by atomic mass is 19.4. The third kappa shape index (κ3) is 4.37. The summed E-state index contributed by atoms with van der Waals surface area (Å²) in [4.78, 5) is 8.69. The minimum atomic E-state index is -4.52. The largest absolute Gasteiger partial charge is 0.441 e. The molecule has 2 heterocycles. The summed E-state index contributed by atoms with van der Waals surface area (Å²) < 4.78 is 54.1. The van der Waals surface area contributed by atoms with E-state index in [2.05, 4.69) is 34.2 Å². The van der Waals surface area contributed by atoms with Gasteiger partial charge in [-0.25, -0.2) is 9.97 Å². The van der Waals surface area contributed by atoms with E-state index in [0.29, 0.717) is 34.0 Å². The minimum Gasteiger partial charge on any atom is -0.441 e. The van der Waals surface area contributed by atoms with E-state index >= 15 is 0 Å². The van der Waals surface area contributed by atoms with Crippen molar-refractivity contribution in [2.45, 2.75) is 25.9 Å². The fourth-order valence-corrected chi connectivity index (χ4v) is 4.61. The summed E-state index contributed by atoms with van der Waals surface area (Å²) in [5, 5.41) is 0. The number of fused-ring (bicyclic) bond motifs is 2. The Balaban J connectivity index is 1.35. The molecule has 2 aromatic heterocycles. The number of hydrogen-bond donors (Lipinski definition) is 0. The maximum absolute atomic E-state index is 14.3. The highest BCUT2D eigenvalue weighted by Gasteiger charge is 2.42. The molecule has 4 nitrogen and oxygen atoms in total. The predicted molar refractivity (Wildman–Crippen MR) is 136 cm³/mol. The molecule has 0 amide bonds. The van der Waals surface area contributed by atoms with E-state index in [1.807, 2.05) is 31.2 Å². The second kappa shape index (κ2) is 8.62. The van der Waals surface area contributed by atoms with Gasteiger partial charge in [0, 0.05) is 12.5 Å². The lowest BCUT2D eigenvalue weighted by Gasteiger charge is -2.21. The third-order valence-electron chi connectivity index (χ3n) is 6.44. The molecule has 1 unspecified atom stereocenters. The number of benzene rings is 4. The van der Waals surface area contributed by atoms with E-state index in [0.717, 1.165) is 16.7 Å². The van der Waals surface area contributed by atoms with Crippen molar-refractivity contribution in [3.63, 3.8) is 0 Å². The van der Waals surface area contributed by atoms with Crippen LogP contribution in [0.4, 0.5) is 13.2 Å². The van der Waals surface area contributed by atoms with Crippen LogP contribution in [0.2, 0.25) is 0 Å². The summed E-state index contributed by atoms with van der Waals surface area (Å²) in [5.41, 5.74) is 5.87. The Morgan fingerprint density at radius 2 is 1.14 bits per heavy atom. The number of alkyl halides is 3. The average molecular weight is 499 g/mol. The normalized spacial score (nSPS) is 12.9. The van der Waals surface area contributed by atoms with Crippen LogP contribution in [0.3, 0.4) is 0 Å². The lowest BCUT2D eigenvalue weighted by Crippen LogP contribution is -2.22. The van der Waals surface area contributed by atoms with Gasteiger partial charge in [-0.1, -0.05) is 54.1 Å². The van der Waals surface area contributed by atoms with Gasteiger partial charge in [0.2, 0.25) is 5.89 Å². The summed E-state index contributed by atoms with van der Waals surface area (Å²) in [6, 6.07) is 24.8. The lowest BCUT2D eigenvalue weighted by molar-refractivity contribution is -0.141. The Morgan fingerprint density at radius 1 is 0.622 bits per heavy atom. The maximum Gasteiger partial charge on any atom is 0.399 e. The molecule has 0 aliphatic carbocycles. The van der Waals surface area contributed by atoms with Crippen LogP contribution >= 0.6 is 0 Å². The zero-order valence-electron chi connectivity index (χ0n) is 20.0. The second-order valence-electron chi connectivity index (χ2n) is 9.12. The zero-order valence-corrected chi connectivity index (χ0v) is 20.0. The molecule has 0 N–H and O–H groups in total. The summed E-state index contributed by atoms with van der Waals surface area (Å²) in [6.07, 6.45) is -4.52. The van der Waals surface area contributed by atoms with Crippen molar-refractivity contribution >= 4 is 22.2 Å². The molecule has 0 saturated heterocycles. The molecular formula is C30H21F3N2O2. The minimum absolute atomic E-state index is 0.0779. The predicted octanol–water partition coefficient (Wildman–Crippen LogP) is 8.61. The van der Waals surface area contributed by atoms with Gasteiger partial charge in [0.1, 0.15) is 17.0 Å². The fourth-order valence-electron chi connectivity index (χ4n) is 4.61. The Kier molecular flexibility index (Phi) is 5.37. The van der Waals surface area contributed by atoms with Crippen molar-refractivity contribution in [2.24, 2.45) is 0 Å². The van der Waals surface area contributed by atoms with E-state index in [-0.39, 0.29) is 11.1 Å². The smallest absolute Gasteiger partial charge is 0.399 e. The van der Waals surface area contributed by atoms with Gasteiger partial charge in [-0.2, -0.15) is 13.2 Å². The molecule has 0 spiro atoms. The highest BCUT2D eigenvalue weighted by molar-refractivity contribution is 5.78. The summed E-state index contributed by atoms with van der Waals surface area (Å²) >= 11 is 0. The van der Waals surface area contributed by atoms with Gasteiger partial charge in [-0.05, 0) is 65.6 Å². The first-order chi connectivity index (χ1) is 17.7. The maximum atomic E-state index is 14.3. The first-order valence-electron chi connectivity index (χ1n) is 11.8. The highest BCUT2D eigenvalue weighted by Crippen LogP contribution is 2.42. The van der Waals surface area contributed by atoms with Crippen LogP contribution < -0.4 is 0 Å². The topological polar surface area (TPSA) is 52.1 Å². The lowest BCUT2D eigenvalue weighted by atomic mass is 9.90. The van der Waals surface area contributed by atoms with Crippen molar-refractivity contribution in [3.8, 4) is 22.6 Å². The number of nitrogens with zero attached hydrogens (tertiary/aromatic N) is 2. The molecule has 6 rings (SSSR count). The van der Waals surface area contributed by atoms with Crippen LogP contribution in [-0.4, -0.2) is 16.1 Å². The van der Waals surface area contributed by atoms with Crippen LogP contribution in [0.15, 0.2) is 93.8 Å². The summed E-state index contributed by atoms with van der Waals surface area (Å²) in [7, 11) is 0. The zero-order chi connectivity index (χ0) is 25.7. The van der Waals surface area contributed by atoms with Crippen molar-refractivity contribution in [1.82, 2.24) is 9.97 Å². The number of halogens is 3. The first-order valence-corrected chi connectivity index (χ1v) is 11.8. The molecule has 0 radical (unpaired) electrons. The molecule has 0 aliphatic rings. The fraction of sp³-hybridized carbons (Fsp3) is 0.133. The average Bonchev–Trinajstić information content (AvgIpc) is 3.46. The van der Waals surface area contributed by atoms with E-state index < -0.39 is 12.1 Å². The number of hydrogen-bond acceptors (Lipinski definition) is 4. The Morgan fingerprint density at radius 3 is 1.73 bits per heavy atom. The number of aromatic nitrogens is 2. The SMILES string of the molecule is Cc1ccc(-c2ccc(-c3nc4cc(C(c5ccc6oc(C)nc6c5)C(F)(F)F)ccc4o3)cc2)cc1. The van der Waals surface area contributed by atoms with Gasteiger partial charge in [-0.15, -0.1) is 0 Å². The van der Waals surface area contributed by atoms with Crippen LogP contribution in [0.1, 0.15) is 28.5 Å². The van der Waals surface area contributed by atoms with Crippen molar-refractivity contribution in [1.29, 1.82) is 0 Å². The van der Waals surface area contributed by atoms with Crippen molar-refractivity contribution < 1.29 is 22.0 Å². The van der Waals surface area contributed by atoms with Gasteiger partial charge < -0.3 is 8.83 Å². The monoisotopic (exact) mass is 498 g/mol. The molecule has 0 saturated carbocycles. The van der Waals surface area contributed by atoms with Crippen LogP contribution in [0.25, 0.3) is 44.8 Å². The molecule has 7 heteroatoms. The second-order valence-corrected chi connectivity index (χ2v) is 9.12. The van der Waals surface area contributed by atoms with E-state index in [1.54, 1.807) is 13.0 Å². The quantitative estimate of drug-likeness (QED) is 0.244. The Labute approximate surface area is 210 Å². The molecular weight excluding hydrogens is 477 g/mol. The van der Waals surface area contributed by atoms with Gasteiger partial charge in [-0.3, -0.25) is 0 Å².